The van der Waals surface area contributed by atoms with Gasteiger partial charge in [-0.3, -0.25) is 0 Å². The topological polar surface area (TPSA) is 65.1 Å². The standard InChI is InChI=1S/C27H32N4OSi/c1-33(2,3)17-16-32-20-31-27-19-24(29-23-11-7-10-22(28)18-23)13-14-25(27)26(30-31)15-12-21-8-5-4-6-9-21/h4-15,18-19,29H,16-17,20,28H2,1-3H3/b15-12+. The summed E-state index contributed by atoms with van der Waals surface area (Å²) in [5.74, 6) is 0. The molecule has 33 heavy (non-hydrogen) atoms. The van der Waals surface area contributed by atoms with Crippen molar-refractivity contribution in [3.05, 3.63) is 84.1 Å². The van der Waals surface area contributed by atoms with Gasteiger partial charge < -0.3 is 15.8 Å². The van der Waals surface area contributed by atoms with E-state index < -0.39 is 8.07 Å². The summed E-state index contributed by atoms with van der Waals surface area (Å²) in [7, 11) is -1.14. The number of aromatic nitrogens is 2. The number of benzene rings is 3. The molecule has 0 aliphatic heterocycles. The largest absolute Gasteiger partial charge is 0.399 e. The van der Waals surface area contributed by atoms with E-state index in [0.29, 0.717) is 6.73 Å². The Morgan fingerprint density at radius 3 is 2.48 bits per heavy atom. The van der Waals surface area contributed by atoms with Gasteiger partial charge in [0.25, 0.3) is 0 Å². The van der Waals surface area contributed by atoms with Gasteiger partial charge in [-0.2, -0.15) is 5.10 Å². The van der Waals surface area contributed by atoms with Crippen LogP contribution in [0.15, 0.2) is 72.8 Å². The summed E-state index contributed by atoms with van der Waals surface area (Å²) >= 11 is 0. The quantitative estimate of drug-likeness (QED) is 0.164. The van der Waals surface area contributed by atoms with E-state index in [1.807, 2.05) is 47.1 Å². The molecule has 5 nitrogen and oxygen atoms in total. The zero-order valence-electron chi connectivity index (χ0n) is 19.6. The van der Waals surface area contributed by atoms with Crippen LogP contribution in [0.5, 0.6) is 0 Å². The molecule has 3 aromatic carbocycles. The molecule has 0 fully saturated rings. The highest BCUT2D eigenvalue weighted by molar-refractivity contribution is 6.76. The van der Waals surface area contributed by atoms with Crippen LogP contribution in [-0.4, -0.2) is 24.5 Å². The van der Waals surface area contributed by atoms with Crippen molar-refractivity contribution in [3.63, 3.8) is 0 Å². The van der Waals surface area contributed by atoms with E-state index in [1.165, 1.54) is 0 Å². The molecule has 1 heterocycles. The maximum Gasteiger partial charge on any atom is 0.140 e. The van der Waals surface area contributed by atoms with Crippen molar-refractivity contribution >= 4 is 48.2 Å². The second kappa shape index (κ2) is 10.1. The fourth-order valence-electron chi connectivity index (χ4n) is 3.55. The Kier molecular flexibility index (Phi) is 6.96. The zero-order chi connectivity index (χ0) is 23.3. The summed E-state index contributed by atoms with van der Waals surface area (Å²) in [6.07, 6.45) is 4.16. The van der Waals surface area contributed by atoms with Gasteiger partial charge in [-0.15, -0.1) is 0 Å². The van der Waals surface area contributed by atoms with Crippen LogP contribution in [0.3, 0.4) is 0 Å². The minimum absolute atomic E-state index is 0.432. The lowest BCUT2D eigenvalue weighted by molar-refractivity contribution is 0.0816. The highest BCUT2D eigenvalue weighted by atomic mass is 28.3. The van der Waals surface area contributed by atoms with Crippen molar-refractivity contribution < 1.29 is 4.74 Å². The molecule has 0 bridgehead atoms. The monoisotopic (exact) mass is 456 g/mol. The van der Waals surface area contributed by atoms with Crippen LogP contribution in [0.25, 0.3) is 23.1 Å². The second-order valence-electron chi connectivity index (χ2n) is 9.46. The van der Waals surface area contributed by atoms with E-state index in [1.54, 1.807) is 0 Å². The predicted octanol–water partition coefficient (Wildman–Crippen LogP) is 6.84. The Hall–Kier alpha value is -3.35. The third-order valence-corrected chi connectivity index (χ3v) is 7.10. The number of hydrogen-bond acceptors (Lipinski definition) is 4. The molecule has 0 unspecified atom stereocenters. The van der Waals surface area contributed by atoms with Gasteiger partial charge in [-0.05, 0) is 54.1 Å². The molecule has 6 heteroatoms. The normalized spacial score (nSPS) is 12.0. The second-order valence-corrected chi connectivity index (χ2v) is 15.1. The van der Waals surface area contributed by atoms with Crippen molar-refractivity contribution in [1.29, 1.82) is 0 Å². The van der Waals surface area contributed by atoms with E-state index in [4.69, 9.17) is 15.6 Å². The fraction of sp³-hybridized carbons (Fsp3) is 0.222. The third-order valence-electron chi connectivity index (χ3n) is 5.40. The SMILES string of the molecule is C[Si](C)(C)CCOCn1nc(/C=C/c2ccccc2)c2ccc(Nc3cccc(N)c3)cc21. The van der Waals surface area contributed by atoms with Crippen LogP contribution in [0.4, 0.5) is 17.1 Å². The van der Waals surface area contributed by atoms with Crippen LogP contribution in [0.2, 0.25) is 25.7 Å². The first-order chi connectivity index (χ1) is 15.9. The summed E-state index contributed by atoms with van der Waals surface area (Å²) in [4.78, 5) is 0. The number of rotatable bonds is 9. The van der Waals surface area contributed by atoms with Crippen molar-refractivity contribution in [3.8, 4) is 0 Å². The van der Waals surface area contributed by atoms with E-state index in [9.17, 15) is 0 Å². The molecule has 170 valence electrons. The average molecular weight is 457 g/mol. The highest BCUT2D eigenvalue weighted by Crippen LogP contribution is 2.27. The number of nitrogen functional groups attached to an aromatic ring is 1. The Morgan fingerprint density at radius 2 is 1.73 bits per heavy atom. The molecule has 0 saturated carbocycles. The molecule has 3 N–H and O–H groups in total. The molecule has 0 amide bonds. The number of nitrogens with zero attached hydrogens (tertiary/aromatic N) is 2. The van der Waals surface area contributed by atoms with Crippen LogP contribution in [-0.2, 0) is 11.5 Å². The molecule has 1 aromatic heterocycles. The van der Waals surface area contributed by atoms with E-state index in [2.05, 4.69) is 67.4 Å². The van der Waals surface area contributed by atoms with E-state index in [0.717, 1.165) is 51.9 Å². The number of ether oxygens (including phenoxy) is 1. The number of hydrogen-bond donors (Lipinski definition) is 2. The molecule has 0 aliphatic rings. The molecular weight excluding hydrogens is 424 g/mol. The molecule has 0 saturated heterocycles. The summed E-state index contributed by atoms with van der Waals surface area (Å²) in [6, 6.07) is 25.5. The van der Waals surface area contributed by atoms with Crippen molar-refractivity contribution in [2.75, 3.05) is 17.7 Å². The first kappa shape index (κ1) is 22.8. The predicted molar refractivity (Wildman–Crippen MR) is 143 cm³/mol. The van der Waals surface area contributed by atoms with Crippen LogP contribution < -0.4 is 11.1 Å². The fourth-order valence-corrected chi connectivity index (χ4v) is 4.31. The van der Waals surface area contributed by atoms with Gasteiger partial charge in [-0.25, -0.2) is 4.68 Å². The van der Waals surface area contributed by atoms with Crippen LogP contribution >= 0.6 is 0 Å². The summed E-state index contributed by atoms with van der Waals surface area (Å²) in [5.41, 5.74) is 11.7. The zero-order valence-corrected chi connectivity index (χ0v) is 20.6. The Labute approximate surface area is 196 Å². The Bertz CT molecular complexity index is 1240. The van der Waals surface area contributed by atoms with Gasteiger partial charge in [0.2, 0.25) is 0 Å². The lowest BCUT2D eigenvalue weighted by Crippen LogP contribution is -2.22. The van der Waals surface area contributed by atoms with Gasteiger partial charge in [0.05, 0.1) is 11.2 Å². The average Bonchev–Trinajstić information content (AvgIpc) is 3.12. The van der Waals surface area contributed by atoms with E-state index >= 15 is 0 Å². The van der Waals surface area contributed by atoms with Crippen LogP contribution in [0.1, 0.15) is 11.3 Å². The number of fused-ring (bicyclic) bond motifs is 1. The summed E-state index contributed by atoms with van der Waals surface area (Å²) < 4.78 is 7.98. The number of nitrogens with two attached hydrogens (primary N) is 1. The smallest absolute Gasteiger partial charge is 0.140 e. The maximum absolute atomic E-state index is 6.03. The molecule has 4 rings (SSSR count). The Balaban J connectivity index is 1.62. The molecular formula is C27H32N4OSi. The first-order valence-electron chi connectivity index (χ1n) is 11.3. The minimum atomic E-state index is -1.14. The van der Waals surface area contributed by atoms with Gasteiger partial charge >= 0.3 is 0 Å². The molecule has 0 aliphatic carbocycles. The first-order valence-corrected chi connectivity index (χ1v) is 15.0. The lowest BCUT2D eigenvalue weighted by atomic mass is 10.1. The lowest BCUT2D eigenvalue weighted by Gasteiger charge is -2.15. The van der Waals surface area contributed by atoms with Gasteiger partial charge in [0.1, 0.15) is 6.73 Å². The third kappa shape index (κ3) is 6.34. The molecule has 0 atom stereocenters. The minimum Gasteiger partial charge on any atom is -0.399 e. The highest BCUT2D eigenvalue weighted by Gasteiger charge is 2.13. The van der Waals surface area contributed by atoms with Gasteiger partial charge in [-0.1, -0.05) is 62.1 Å². The Morgan fingerprint density at radius 1 is 0.939 bits per heavy atom. The summed E-state index contributed by atoms with van der Waals surface area (Å²) in [5, 5.41) is 9.40. The number of nitrogens with one attached hydrogen (secondary N) is 1. The maximum atomic E-state index is 6.03. The molecule has 0 spiro atoms. The van der Waals surface area contributed by atoms with E-state index in [-0.39, 0.29) is 0 Å². The van der Waals surface area contributed by atoms with Crippen molar-refractivity contribution in [2.24, 2.45) is 0 Å². The van der Waals surface area contributed by atoms with Gasteiger partial charge in [0.15, 0.2) is 0 Å². The molecule has 4 aromatic rings. The van der Waals surface area contributed by atoms with Crippen LogP contribution in [0, 0.1) is 0 Å². The van der Waals surface area contributed by atoms with Gasteiger partial charge in [0, 0.05) is 37.1 Å². The molecule has 0 radical (unpaired) electrons. The number of anilines is 3. The summed E-state index contributed by atoms with van der Waals surface area (Å²) in [6.45, 7) is 8.27. The van der Waals surface area contributed by atoms with Crippen molar-refractivity contribution in [2.45, 2.75) is 32.4 Å². The van der Waals surface area contributed by atoms with Crippen molar-refractivity contribution in [1.82, 2.24) is 9.78 Å².